The summed E-state index contributed by atoms with van der Waals surface area (Å²) in [7, 11) is 3.74. The van der Waals surface area contributed by atoms with Crippen molar-refractivity contribution in [2.75, 3.05) is 27.5 Å². The van der Waals surface area contributed by atoms with Crippen LogP contribution < -0.4 is 0 Å². The summed E-state index contributed by atoms with van der Waals surface area (Å²) in [4.78, 5) is 13.3. The Balaban J connectivity index is 3.89. The lowest BCUT2D eigenvalue weighted by atomic mass is 10.1. The molecule has 0 aromatic heterocycles. The lowest BCUT2D eigenvalue weighted by Crippen LogP contribution is -2.30. The molecule has 0 aromatic rings. The third-order valence-electron chi connectivity index (χ3n) is 2.05. The van der Waals surface area contributed by atoms with Gasteiger partial charge >= 0.3 is 5.97 Å². The maximum Gasteiger partial charge on any atom is 0.337 e. The van der Waals surface area contributed by atoms with Crippen LogP contribution in [0.2, 0.25) is 0 Å². The van der Waals surface area contributed by atoms with E-state index in [-0.39, 0.29) is 12.8 Å². The van der Waals surface area contributed by atoms with E-state index in [2.05, 4.69) is 13.2 Å². The first-order valence-corrected chi connectivity index (χ1v) is 4.71. The molecular weight excluding hydrogens is 194 g/mol. The Morgan fingerprint density at radius 2 is 2.13 bits per heavy atom. The van der Waals surface area contributed by atoms with Gasteiger partial charge in [-0.15, -0.1) is 6.58 Å². The molecule has 1 unspecified atom stereocenters. The largest absolute Gasteiger partial charge is 0.435 e. The maximum atomic E-state index is 11.4. The fraction of sp³-hybridized carbons (Fsp3) is 0.545. The van der Waals surface area contributed by atoms with Crippen molar-refractivity contribution >= 4 is 5.97 Å². The quantitative estimate of drug-likeness (QED) is 0.209. The average molecular weight is 213 g/mol. The van der Waals surface area contributed by atoms with Crippen molar-refractivity contribution in [1.29, 1.82) is 0 Å². The number of hydrogen-bond acceptors (Lipinski definition) is 4. The van der Waals surface area contributed by atoms with Crippen molar-refractivity contribution in [3.05, 3.63) is 24.8 Å². The van der Waals surface area contributed by atoms with Gasteiger partial charge in [-0.25, -0.2) is 4.79 Å². The van der Waals surface area contributed by atoms with Crippen LogP contribution in [-0.2, 0) is 14.3 Å². The van der Waals surface area contributed by atoms with Crippen LogP contribution in [0.1, 0.15) is 6.92 Å². The first kappa shape index (κ1) is 13.9. The summed E-state index contributed by atoms with van der Waals surface area (Å²) in [6, 6.07) is -0.0445. The molecule has 1 atom stereocenters. The van der Waals surface area contributed by atoms with Gasteiger partial charge < -0.3 is 14.4 Å². The molecule has 0 aliphatic heterocycles. The van der Waals surface area contributed by atoms with Crippen LogP contribution in [0.3, 0.4) is 0 Å². The number of likely N-dealkylation sites (N-methyl/N-ethyl adjacent to an activating group) is 1. The smallest absolute Gasteiger partial charge is 0.337 e. The normalized spacial score (nSPS) is 12.3. The molecule has 4 nitrogen and oxygen atoms in total. The van der Waals surface area contributed by atoms with Crippen LogP contribution in [0.15, 0.2) is 24.8 Å². The van der Waals surface area contributed by atoms with Gasteiger partial charge in [-0.1, -0.05) is 12.7 Å². The third kappa shape index (κ3) is 5.34. The zero-order valence-corrected chi connectivity index (χ0v) is 9.66. The highest BCUT2D eigenvalue weighted by Gasteiger charge is 2.17. The van der Waals surface area contributed by atoms with Gasteiger partial charge in [-0.05, 0) is 21.0 Å². The van der Waals surface area contributed by atoms with Crippen molar-refractivity contribution in [3.63, 3.8) is 0 Å². The number of esters is 1. The van der Waals surface area contributed by atoms with Crippen LogP contribution >= 0.6 is 0 Å². The highest BCUT2D eigenvalue weighted by Crippen LogP contribution is 2.06. The van der Waals surface area contributed by atoms with Crippen LogP contribution in [-0.4, -0.2) is 44.4 Å². The monoisotopic (exact) mass is 213 g/mol. The molecule has 15 heavy (non-hydrogen) atoms. The molecule has 86 valence electrons. The highest BCUT2D eigenvalue weighted by molar-refractivity contribution is 5.88. The van der Waals surface area contributed by atoms with Gasteiger partial charge in [0.05, 0.1) is 6.61 Å². The Morgan fingerprint density at radius 3 is 2.60 bits per heavy atom. The van der Waals surface area contributed by atoms with Crippen molar-refractivity contribution < 1.29 is 14.3 Å². The molecule has 0 saturated heterocycles. The van der Waals surface area contributed by atoms with E-state index in [1.54, 1.807) is 6.08 Å². The highest BCUT2D eigenvalue weighted by atomic mass is 16.7. The van der Waals surface area contributed by atoms with E-state index < -0.39 is 5.97 Å². The number of carbonyl (C=O) groups is 1. The summed E-state index contributed by atoms with van der Waals surface area (Å²) < 4.78 is 9.77. The zero-order chi connectivity index (χ0) is 11.8. The first-order chi connectivity index (χ1) is 7.00. The molecule has 0 rings (SSSR count). The summed E-state index contributed by atoms with van der Waals surface area (Å²) in [5.74, 6) is -0.430. The predicted octanol–water partition coefficient (Wildman–Crippen LogP) is 1.20. The number of nitrogens with zero attached hydrogens (tertiary/aromatic N) is 1. The Kier molecular flexibility index (Phi) is 6.66. The number of rotatable bonds is 7. The van der Waals surface area contributed by atoms with Crippen LogP contribution in [0, 0.1) is 0 Å². The molecule has 0 fully saturated rings. The maximum absolute atomic E-state index is 11.4. The lowest BCUT2D eigenvalue weighted by Gasteiger charge is -2.20. The van der Waals surface area contributed by atoms with E-state index in [9.17, 15) is 4.79 Å². The number of ether oxygens (including phenoxy) is 2. The molecule has 4 heteroatoms. The Bertz CT molecular complexity index is 236. The SMILES string of the molecule is C=CCOCOC(=O)C(=C)C(C)N(C)C. The number of hydrogen-bond donors (Lipinski definition) is 0. The standard InChI is InChI=1S/C11H19NO3/c1-6-7-14-8-15-11(13)9(2)10(3)12(4)5/h6,10H,1-2,7-8H2,3-5H3. The van der Waals surface area contributed by atoms with Gasteiger partial charge in [-0.2, -0.15) is 0 Å². The summed E-state index contributed by atoms with van der Waals surface area (Å²) in [6.45, 7) is 9.34. The summed E-state index contributed by atoms with van der Waals surface area (Å²) in [5, 5.41) is 0. The van der Waals surface area contributed by atoms with Crippen LogP contribution in [0.5, 0.6) is 0 Å². The Morgan fingerprint density at radius 1 is 1.53 bits per heavy atom. The van der Waals surface area contributed by atoms with Gasteiger partial charge in [-0.3, -0.25) is 0 Å². The Labute approximate surface area is 91.2 Å². The molecule has 0 aromatic carbocycles. The molecule has 0 bridgehead atoms. The molecule has 0 saturated carbocycles. The molecular formula is C11H19NO3. The zero-order valence-electron chi connectivity index (χ0n) is 9.66. The minimum Gasteiger partial charge on any atom is -0.435 e. The summed E-state index contributed by atoms with van der Waals surface area (Å²) >= 11 is 0. The van der Waals surface area contributed by atoms with Gasteiger partial charge in [0.1, 0.15) is 0 Å². The van der Waals surface area contributed by atoms with E-state index in [1.165, 1.54) is 0 Å². The van der Waals surface area contributed by atoms with E-state index >= 15 is 0 Å². The van der Waals surface area contributed by atoms with E-state index in [0.717, 1.165) is 0 Å². The van der Waals surface area contributed by atoms with Crippen molar-refractivity contribution in [3.8, 4) is 0 Å². The van der Waals surface area contributed by atoms with E-state index in [0.29, 0.717) is 12.2 Å². The van der Waals surface area contributed by atoms with Crippen molar-refractivity contribution in [1.82, 2.24) is 4.90 Å². The predicted molar refractivity (Wildman–Crippen MR) is 59.4 cm³/mol. The second-order valence-corrected chi connectivity index (χ2v) is 3.37. The molecule has 0 radical (unpaired) electrons. The fourth-order valence-corrected chi connectivity index (χ4v) is 0.802. The average Bonchev–Trinajstić information content (AvgIpc) is 2.21. The molecule has 0 heterocycles. The summed E-state index contributed by atoms with van der Waals surface area (Å²) in [5.41, 5.74) is 0.419. The fourth-order valence-electron chi connectivity index (χ4n) is 0.802. The van der Waals surface area contributed by atoms with Gasteiger partial charge in [0.15, 0.2) is 6.79 Å². The minimum atomic E-state index is -0.430. The second-order valence-electron chi connectivity index (χ2n) is 3.37. The van der Waals surface area contributed by atoms with Crippen LogP contribution in [0.4, 0.5) is 0 Å². The van der Waals surface area contributed by atoms with E-state index in [1.807, 2.05) is 25.9 Å². The van der Waals surface area contributed by atoms with E-state index in [4.69, 9.17) is 9.47 Å². The molecule has 0 N–H and O–H groups in total. The topological polar surface area (TPSA) is 38.8 Å². The number of carbonyl (C=O) groups excluding carboxylic acids is 1. The molecule has 0 amide bonds. The van der Waals surface area contributed by atoms with Gasteiger partial charge in [0.25, 0.3) is 0 Å². The molecule has 0 aliphatic rings. The van der Waals surface area contributed by atoms with Gasteiger partial charge in [0, 0.05) is 11.6 Å². The summed E-state index contributed by atoms with van der Waals surface area (Å²) in [6.07, 6.45) is 1.59. The minimum absolute atomic E-state index is 0.0445. The molecule has 0 aliphatic carbocycles. The Hall–Kier alpha value is -1.13. The van der Waals surface area contributed by atoms with Crippen LogP contribution in [0.25, 0.3) is 0 Å². The molecule has 0 spiro atoms. The van der Waals surface area contributed by atoms with Gasteiger partial charge in [0.2, 0.25) is 0 Å². The third-order valence-corrected chi connectivity index (χ3v) is 2.05. The second kappa shape index (κ2) is 7.20. The van der Waals surface area contributed by atoms with Crippen molar-refractivity contribution in [2.24, 2.45) is 0 Å². The first-order valence-electron chi connectivity index (χ1n) is 4.71. The lowest BCUT2D eigenvalue weighted by molar-refractivity contribution is -0.151. The van der Waals surface area contributed by atoms with Crippen molar-refractivity contribution in [2.45, 2.75) is 13.0 Å².